The fraction of sp³-hybridized carbons (Fsp3) is 0.917. The molecule has 74 valence electrons. The largest absolute Gasteiger partial charge is 1.00 e. The first-order chi connectivity index (χ1) is 5.85. The minimum Gasteiger partial charge on any atom is -0.314 e. The van der Waals surface area contributed by atoms with Crippen molar-refractivity contribution in [1.82, 2.24) is 0 Å². The molecule has 0 saturated carbocycles. The molecule has 0 saturated heterocycles. The van der Waals surface area contributed by atoms with Crippen LogP contribution in [0.3, 0.4) is 0 Å². The Morgan fingerprint density at radius 1 is 0.692 bits per heavy atom. The molecular weight excluding hydrogens is 151 g/mol. The summed E-state index contributed by atoms with van der Waals surface area (Å²) in [7, 11) is 0. The maximum absolute atomic E-state index is 2.29. The van der Waals surface area contributed by atoms with Crippen molar-refractivity contribution in [2.24, 2.45) is 0 Å². The molecule has 0 unspecified atom stereocenters. The van der Waals surface area contributed by atoms with E-state index in [4.69, 9.17) is 0 Å². The Hall–Kier alpha value is 0.597. The van der Waals surface area contributed by atoms with Gasteiger partial charge in [-0.2, -0.15) is 19.3 Å². The smallest absolute Gasteiger partial charge is 0.314 e. The zero-order valence-electron chi connectivity index (χ0n) is 10.2. The van der Waals surface area contributed by atoms with Crippen molar-refractivity contribution >= 4 is 0 Å². The molecule has 0 N–H and O–H groups in total. The Bertz CT molecular complexity index is 73.2. The number of hydrogen-bond donors (Lipinski definition) is 0. The van der Waals surface area contributed by atoms with Gasteiger partial charge in [-0.15, -0.1) is 0 Å². The molecule has 0 rings (SSSR count). The molecule has 0 atom stereocenters. The van der Waals surface area contributed by atoms with Gasteiger partial charge in [0.05, 0.1) is 0 Å². The molecule has 0 fully saturated rings. The van der Waals surface area contributed by atoms with Gasteiger partial charge >= 0.3 is 18.9 Å². The first-order valence-electron chi connectivity index (χ1n) is 5.68. The molecule has 13 heavy (non-hydrogen) atoms. The van der Waals surface area contributed by atoms with E-state index in [1.807, 2.05) is 5.92 Å². The molecule has 0 aliphatic heterocycles. The van der Waals surface area contributed by atoms with Crippen LogP contribution in [0.2, 0.25) is 0 Å². The van der Waals surface area contributed by atoms with Gasteiger partial charge in [0.1, 0.15) is 0 Å². The van der Waals surface area contributed by atoms with Crippen LogP contribution in [0.4, 0.5) is 0 Å². The zero-order valence-corrected chi connectivity index (χ0v) is 10.2. The van der Waals surface area contributed by atoms with E-state index in [2.05, 4.69) is 20.8 Å². The van der Waals surface area contributed by atoms with Crippen LogP contribution < -0.4 is 18.9 Å². The molecule has 0 bridgehead atoms. The van der Waals surface area contributed by atoms with Crippen LogP contribution in [0.15, 0.2) is 0 Å². The molecule has 0 radical (unpaired) electrons. The summed E-state index contributed by atoms with van der Waals surface area (Å²) in [5, 5.41) is 0. The second-order valence-corrected chi connectivity index (χ2v) is 3.71. The minimum atomic E-state index is 0. The molecule has 0 heterocycles. The zero-order chi connectivity index (χ0) is 9.23. The van der Waals surface area contributed by atoms with E-state index < -0.39 is 0 Å². The van der Waals surface area contributed by atoms with Crippen molar-refractivity contribution in [1.29, 1.82) is 0 Å². The van der Waals surface area contributed by atoms with Gasteiger partial charge in [-0.05, 0) is 0 Å². The number of rotatable bonds is 8. The van der Waals surface area contributed by atoms with E-state index in [9.17, 15) is 0 Å². The summed E-state index contributed by atoms with van der Waals surface area (Å²) in [5.41, 5.74) is 0. The van der Waals surface area contributed by atoms with Crippen molar-refractivity contribution in [3.8, 4) is 0 Å². The standard InChI is InChI=1S/C12H25.Li/c1-4-7-10-12(9-6-3)11-8-5-2;/h4-11H2,1-3H3;/q-1;+1. The van der Waals surface area contributed by atoms with Crippen LogP contribution in [-0.4, -0.2) is 0 Å². The van der Waals surface area contributed by atoms with Crippen molar-refractivity contribution in [2.75, 3.05) is 0 Å². The quantitative estimate of drug-likeness (QED) is 0.390. The summed E-state index contributed by atoms with van der Waals surface area (Å²) in [6, 6.07) is 0. The van der Waals surface area contributed by atoms with Gasteiger partial charge in [0.25, 0.3) is 0 Å². The minimum absolute atomic E-state index is 0. The van der Waals surface area contributed by atoms with Gasteiger partial charge in [0.2, 0.25) is 0 Å². The monoisotopic (exact) mass is 176 g/mol. The predicted molar refractivity (Wildman–Crippen MR) is 57.2 cm³/mol. The molecule has 0 nitrogen and oxygen atoms in total. The third-order valence-corrected chi connectivity index (χ3v) is 2.37. The van der Waals surface area contributed by atoms with E-state index >= 15 is 0 Å². The van der Waals surface area contributed by atoms with Gasteiger partial charge in [-0.1, -0.05) is 52.9 Å². The first kappa shape index (κ1) is 16.0. The third kappa shape index (κ3) is 10.5. The van der Waals surface area contributed by atoms with E-state index in [-0.39, 0.29) is 18.9 Å². The van der Waals surface area contributed by atoms with E-state index in [1.54, 1.807) is 0 Å². The predicted octanol–water partition coefficient (Wildman–Crippen LogP) is 1.75. The van der Waals surface area contributed by atoms with E-state index in [0.29, 0.717) is 0 Å². The Balaban J connectivity index is 0. The Kier molecular flexibility index (Phi) is 15.5. The third-order valence-electron chi connectivity index (χ3n) is 2.37. The summed E-state index contributed by atoms with van der Waals surface area (Å²) >= 11 is 0. The van der Waals surface area contributed by atoms with E-state index in [0.717, 1.165) is 0 Å². The fourth-order valence-electron chi connectivity index (χ4n) is 1.58. The van der Waals surface area contributed by atoms with Crippen LogP contribution in [0.5, 0.6) is 0 Å². The first-order valence-corrected chi connectivity index (χ1v) is 5.68. The van der Waals surface area contributed by atoms with Crippen molar-refractivity contribution in [2.45, 2.75) is 72.1 Å². The summed E-state index contributed by atoms with van der Waals surface area (Å²) in [6.45, 7) is 6.85. The van der Waals surface area contributed by atoms with Crippen molar-refractivity contribution in [3.05, 3.63) is 5.92 Å². The number of hydrogen-bond acceptors (Lipinski definition) is 0. The van der Waals surface area contributed by atoms with Crippen LogP contribution in [0.1, 0.15) is 72.1 Å². The van der Waals surface area contributed by atoms with E-state index in [1.165, 1.54) is 51.4 Å². The molecule has 0 aromatic carbocycles. The van der Waals surface area contributed by atoms with Crippen LogP contribution in [0.25, 0.3) is 0 Å². The van der Waals surface area contributed by atoms with Crippen molar-refractivity contribution < 1.29 is 18.9 Å². The van der Waals surface area contributed by atoms with Crippen LogP contribution in [-0.2, 0) is 0 Å². The molecule has 0 aliphatic carbocycles. The van der Waals surface area contributed by atoms with Crippen molar-refractivity contribution in [3.63, 3.8) is 0 Å². The second-order valence-electron chi connectivity index (χ2n) is 3.71. The molecule has 0 spiro atoms. The molecule has 1 heteroatoms. The fourth-order valence-corrected chi connectivity index (χ4v) is 1.58. The Labute approximate surface area is 97.1 Å². The molecule has 0 aliphatic rings. The number of unbranched alkanes of at least 4 members (excludes halogenated alkanes) is 2. The Morgan fingerprint density at radius 2 is 1.15 bits per heavy atom. The average molecular weight is 176 g/mol. The maximum atomic E-state index is 2.29. The van der Waals surface area contributed by atoms with Crippen LogP contribution in [0, 0.1) is 5.92 Å². The van der Waals surface area contributed by atoms with Gasteiger partial charge in [0.15, 0.2) is 0 Å². The molecule has 0 amide bonds. The second kappa shape index (κ2) is 12.6. The Morgan fingerprint density at radius 3 is 1.46 bits per heavy atom. The summed E-state index contributed by atoms with van der Waals surface area (Å²) in [4.78, 5) is 0. The summed E-state index contributed by atoms with van der Waals surface area (Å²) in [5.74, 6) is 1.82. The van der Waals surface area contributed by atoms with Gasteiger partial charge < -0.3 is 5.92 Å². The molecular formula is C12H25Li. The SMILES string of the molecule is CCCC[C-](CCC)CCCC.[Li+]. The maximum Gasteiger partial charge on any atom is 1.00 e. The normalized spacial score (nSPS) is 10.2. The average Bonchev–Trinajstić information content (AvgIpc) is 2.10. The molecule has 0 aromatic rings. The van der Waals surface area contributed by atoms with Gasteiger partial charge in [0, 0.05) is 0 Å². The summed E-state index contributed by atoms with van der Waals surface area (Å²) in [6.07, 6.45) is 11.0. The van der Waals surface area contributed by atoms with Gasteiger partial charge in [-0.25, -0.2) is 0 Å². The van der Waals surface area contributed by atoms with Gasteiger partial charge in [-0.3, -0.25) is 0 Å². The summed E-state index contributed by atoms with van der Waals surface area (Å²) < 4.78 is 0. The molecule has 0 aromatic heterocycles. The van der Waals surface area contributed by atoms with Crippen LogP contribution >= 0.6 is 0 Å². The topological polar surface area (TPSA) is 0 Å².